The van der Waals surface area contributed by atoms with E-state index < -0.39 is 0 Å². The maximum Gasteiger partial charge on any atom is 0.229 e. The molecule has 1 fully saturated rings. The maximum absolute atomic E-state index is 12.5. The summed E-state index contributed by atoms with van der Waals surface area (Å²) in [5.74, 6) is -0.296. The minimum atomic E-state index is -0.367. The Balaban J connectivity index is 1.60. The molecule has 0 aromatic carbocycles. The van der Waals surface area contributed by atoms with Crippen LogP contribution in [0.1, 0.15) is 48.0 Å². The number of rotatable bonds is 5. The number of hydrogen-bond donors (Lipinski definition) is 1. The molecule has 1 aliphatic rings. The van der Waals surface area contributed by atoms with Crippen molar-refractivity contribution in [1.29, 1.82) is 0 Å². The summed E-state index contributed by atoms with van der Waals surface area (Å²) in [6.45, 7) is 8.78. The molecule has 138 valence electrons. The van der Waals surface area contributed by atoms with Crippen LogP contribution in [-0.2, 0) is 16.1 Å². The van der Waals surface area contributed by atoms with Crippen molar-refractivity contribution in [2.45, 2.75) is 46.6 Å². The molecule has 2 aromatic heterocycles. The maximum atomic E-state index is 12.5. The zero-order valence-corrected chi connectivity index (χ0v) is 16.3. The summed E-state index contributed by atoms with van der Waals surface area (Å²) in [5.41, 5.74) is 3.03. The monoisotopic (exact) mass is 373 g/mol. The molecule has 3 heterocycles. The second-order valence-corrected chi connectivity index (χ2v) is 7.93. The van der Waals surface area contributed by atoms with Crippen LogP contribution in [-0.4, -0.2) is 33.5 Å². The number of anilines is 1. The average molecular weight is 373 g/mol. The number of pyridine rings is 1. The molecule has 8 heteroatoms. The minimum absolute atomic E-state index is 0.0792. The number of aromatic nitrogens is 3. The van der Waals surface area contributed by atoms with Gasteiger partial charge in [0.25, 0.3) is 0 Å². The van der Waals surface area contributed by atoms with Gasteiger partial charge in [0, 0.05) is 37.3 Å². The average Bonchev–Trinajstić information content (AvgIpc) is 3.22. The molecule has 2 aromatic rings. The van der Waals surface area contributed by atoms with Crippen LogP contribution < -0.4 is 10.2 Å². The van der Waals surface area contributed by atoms with Crippen LogP contribution in [0.25, 0.3) is 0 Å². The van der Waals surface area contributed by atoms with E-state index in [0.29, 0.717) is 18.2 Å². The van der Waals surface area contributed by atoms with Crippen molar-refractivity contribution in [2.75, 3.05) is 11.4 Å². The SMILES string of the molecule is Cc1cc(CNC(=O)C2CC(=O)N(c3nnc(C(C)C)s3)C2)cnc1C. The van der Waals surface area contributed by atoms with Crippen LogP contribution in [0.3, 0.4) is 0 Å². The van der Waals surface area contributed by atoms with Crippen molar-refractivity contribution in [3.8, 4) is 0 Å². The number of nitrogens with zero attached hydrogens (tertiary/aromatic N) is 4. The molecule has 0 saturated carbocycles. The van der Waals surface area contributed by atoms with E-state index >= 15 is 0 Å². The summed E-state index contributed by atoms with van der Waals surface area (Å²) in [6, 6.07) is 2.02. The van der Waals surface area contributed by atoms with Crippen LogP contribution >= 0.6 is 11.3 Å². The van der Waals surface area contributed by atoms with Gasteiger partial charge in [-0.25, -0.2) is 0 Å². The van der Waals surface area contributed by atoms with Crippen LogP contribution in [0.15, 0.2) is 12.3 Å². The number of hydrogen-bond acceptors (Lipinski definition) is 6. The summed E-state index contributed by atoms with van der Waals surface area (Å²) in [4.78, 5) is 30.6. The third-order valence-electron chi connectivity index (χ3n) is 4.51. The molecule has 26 heavy (non-hydrogen) atoms. The van der Waals surface area contributed by atoms with Crippen LogP contribution in [0, 0.1) is 19.8 Å². The minimum Gasteiger partial charge on any atom is -0.352 e. The lowest BCUT2D eigenvalue weighted by atomic mass is 10.1. The van der Waals surface area contributed by atoms with Crippen molar-refractivity contribution in [2.24, 2.45) is 5.92 Å². The van der Waals surface area contributed by atoms with Crippen molar-refractivity contribution >= 4 is 28.3 Å². The van der Waals surface area contributed by atoms with Gasteiger partial charge < -0.3 is 5.32 Å². The summed E-state index contributed by atoms with van der Waals surface area (Å²) in [7, 11) is 0. The lowest BCUT2D eigenvalue weighted by molar-refractivity contribution is -0.126. The van der Waals surface area contributed by atoms with Gasteiger partial charge in [-0.2, -0.15) is 0 Å². The molecule has 1 saturated heterocycles. The summed E-state index contributed by atoms with van der Waals surface area (Å²) in [6.07, 6.45) is 1.97. The van der Waals surface area contributed by atoms with Crippen LogP contribution in [0.4, 0.5) is 5.13 Å². The molecular weight excluding hydrogens is 350 g/mol. The summed E-state index contributed by atoms with van der Waals surface area (Å²) >= 11 is 1.41. The van der Waals surface area contributed by atoms with Gasteiger partial charge in [-0.1, -0.05) is 31.3 Å². The Labute approximate surface area is 156 Å². The zero-order valence-electron chi connectivity index (χ0n) is 15.4. The Hall–Kier alpha value is -2.35. The lowest BCUT2D eigenvalue weighted by Crippen LogP contribution is -2.32. The highest BCUT2D eigenvalue weighted by atomic mass is 32.1. The smallest absolute Gasteiger partial charge is 0.229 e. The quantitative estimate of drug-likeness (QED) is 0.869. The highest BCUT2D eigenvalue weighted by Gasteiger charge is 2.36. The molecule has 0 radical (unpaired) electrons. The highest BCUT2D eigenvalue weighted by molar-refractivity contribution is 7.15. The van der Waals surface area contributed by atoms with Gasteiger partial charge in [0.05, 0.1) is 5.92 Å². The number of aryl methyl sites for hydroxylation is 2. The number of nitrogens with one attached hydrogen (secondary N) is 1. The van der Waals surface area contributed by atoms with Gasteiger partial charge >= 0.3 is 0 Å². The Morgan fingerprint density at radius 3 is 2.81 bits per heavy atom. The molecule has 1 atom stereocenters. The van der Waals surface area contributed by atoms with Gasteiger partial charge in [0.2, 0.25) is 16.9 Å². The van der Waals surface area contributed by atoms with E-state index in [-0.39, 0.29) is 30.1 Å². The van der Waals surface area contributed by atoms with Gasteiger partial charge in [-0.3, -0.25) is 19.5 Å². The lowest BCUT2D eigenvalue weighted by Gasteiger charge is -2.13. The molecule has 1 aliphatic heterocycles. The highest BCUT2D eigenvalue weighted by Crippen LogP contribution is 2.30. The van der Waals surface area contributed by atoms with E-state index in [1.54, 1.807) is 11.1 Å². The topological polar surface area (TPSA) is 88.1 Å². The molecule has 0 aliphatic carbocycles. The predicted octanol–water partition coefficient (Wildman–Crippen LogP) is 2.34. The van der Waals surface area contributed by atoms with Crippen LogP contribution in [0.5, 0.6) is 0 Å². The van der Waals surface area contributed by atoms with Gasteiger partial charge in [0.1, 0.15) is 5.01 Å². The van der Waals surface area contributed by atoms with Crippen molar-refractivity contribution in [3.05, 3.63) is 34.1 Å². The van der Waals surface area contributed by atoms with E-state index in [2.05, 4.69) is 20.5 Å². The molecule has 0 bridgehead atoms. The number of amides is 2. The fraction of sp³-hybridized carbons (Fsp3) is 0.500. The fourth-order valence-corrected chi connectivity index (χ4v) is 3.64. The first-order valence-corrected chi connectivity index (χ1v) is 9.50. The largest absolute Gasteiger partial charge is 0.352 e. The van der Waals surface area contributed by atoms with Crippen LogP contribution in [0.2, 0.25) is 0 Å². The Bertz CT molecular complexity index is 833. The molecule has 3 rings (SSSR count). The second-order valence-electron chi connectivity index (χ2n) is 6.95. The van der Waals surface area contributed by atoms with Crippen molar-refractivity contribution in [3.63, 3.8) is 0 Å². The predicted molar refractivity (Wildman–Crippen MR) is 100 cm³/mol. The van der Waals surface area contributed by atoms with Gasteiger partial charge in [-0.05, 0) is 25.0 Å². The zero-order chi connectivity index (χ0) is 18.8. The van der Waals surface area contributed by atoms with E-state index in [1.165, 1.54) is 11.3 Å². The third kappa shape index (κ3) is 3.90. The Morgan fingerprint density at radius 2 is 2.15 bits per heavy atom. The van der Waals surface area contributed by atoms with E-state index in [4.69, 9.17) is 0 Å². The van der Waals surface area contributed by atoms with E-state index in [1.807, 2.05) is 33.8 Å². The molecule has 1 unspecified atom stereocenters. The third-order valence-corrected chi connectivity index (χ3v) is 5.76. The van der Waals surface area contributed by atoms with Crippen molar-refractivity contribution in [1.82, 2.24) is 20.5 Å². The Morgan fingerprint density at radius 1 is 1.38 bits per heavy atom. The summed E-state index contributed by atoms with van der Waals surface area (Å²) in [5, 5.41) is 12.6. The summed E-state index contributed by atoms with van der Waals surface area (Å²) < 4.78 is 0. The molecule has 0 spiro atoms. The number of carbonyl (C=O) groups is 2. The molecular formula is C18H23N5O2S. The van der Waals surface area contributed by atoms with E-state index in [0.717, 1.165) is 21.8 Å². The van der Waals surface area contributed by atoms with E-state index in [9.17, 15) is 9.59 Å². The first kappa shape index (κ1) is 18.4. The first-order chi connectivity index (χ1) is 12.3. The standard InChI is InChI=1S/C18H23N5O2S/c1-10(2)17-21-22-18(26-17)23-9-14(6-15(23)24)16(25)20-8-13-5-11(3)12(4)19-7-13/h5,7,10,14H,6,8-9H2,1-4H3,(H,20,25). The Kier molecular flexibility index (Phi) is 5.31. The first-order valence-electron chi connectivity index (χ1n) is 8.68. The molecule has 1 N–H and O–H groups in total. The molecule has 2 amide bonds. The molecule has 7 nitrogen and oxygen atoms in total. The van der Waals surface area contributed by atoms with Gasteiger partial charge in [-0.15, -0.1) is 10.2 Å². The normalized spacial score (nSPS) is 17.2. The second kappa shape index (κ2) is 7.49. The fourth-order valence-electron chi connectivity index (χ4n) is 2.77. The van der Waals surface area contributed by atoms with Gasteiger partial charge in [0.15, 0.2) is 0 Å². The number of carbonyl (C=O) groups excluding carboxylic acids is 2. The van der Waals surface area contributed by atoms with Crippen molar-refractivity contribution < 1.29 is 9.59 Å².